The van der Waals surface area contributed by atoms with Crippen molar-refractivity contribution >= 4 is 23.2 Å². The Bertz CT molecular complexity index is 937. The maximum atomic E-state index is 12.9. The van der Waals surface area contributed by atoms with E-state index in [4.69, 9.17) is 9.47 Å². The first-order valence-corrected chi connectivity index (χ1v) is 10.7. The lowest BCUT2D eigenvalue weighted by Crippen LogP contribution is -2.59. The van der Waals surface area contributed by atoms with Crippen molar-refractivity contribution in [3.63, 3.8) is 0 Å². The molecule has 2 amide bonds. The molecule has 2 fully saturated rings. The second kappa shape index (κ2) is 7.03. The average Bonchev–Trinajstić information content (AvgIpc) is 3.46. The largest absolute Gasteiger partial charge is 0.454 e. The fourth-order valence-corrected chi connectivity index (χ4v) is 5.18. The number of nitrogens with one attached hydrogen (secondary N) is 1. The first-order chi connectivity index (χ1) is 14.1. The number of benzene rings is 1. The molecule has 152 valence electrons. The molecular weight excluding hydrogens is 390 g/mol. The molecule has 3 aliphatic rings. The summed E-state index contributed by atoms with van der Waals surface area (Å²) < 4.78 is 10.9. The van der Waals surface area contributed by atoms with Crippen molar-refractivity contribution in [2.75, 3.05) is 19.9 Å². The molecule has 2 saturated heterocycles. The molecule has 29 heavy (non-hydrogen) atoms. The molecule has 2 aromatic rings. The zero-order valence-electron chi connectivity index (χ0n) is 16.2. The quantitative estimate of drug-likeness (QED) is 0.837. The number of nitrogens with zero attached hydrogens (tertiary/aromatic N) is 2. The summed E-state index contributed by atoms with van der Waals surface area (Å²) in [5.74, 6) is 1.64. The van der Waals surface area contributed by atoms with E-state index in [2.05, 4.69) is 5.32 Å². The molecule has 5 rings (SSSR count). The molecule has 1 spiro atoms. The highest BCUT2D eigenvalue weighted by molar-refractivity contribution is 7.12. The first kappa shape index (κ1) is 18.4. The monoisotopic (exact) mass is 413 g/mol. The molecule has 0 saturated carbocycles. The van der Waals surface area contributed by atoms with Crippen LogP contribution in [0.15, 0.2) is 35.7 Å². The molecule has 1 N–H and O–H groups in total. The van der Waals surface area contributed by atoms with Gasteiger partial charge in [0, 0.05) is 32.5 Å². The minimum Gasteiger partial charge on any atom is -0.454 e. The number of ether oxygens (including phenoxy) is 2. The van der Waals surface area contributed by atoms with Crippen LogP contribution in [0.4, 0.5) is 0 Å². The molecule has 4 heterocycles. The summed E-state index contributed by atoms with van der Waals surface area (Å²) in [5, 5.41) is 5.44. The van der Waals surface area contributed by atoms with Crippen molar-refractivity contribution in [2.45, 2.75) is 38.0 Å². The lowest BCUT2D eigenvalue weighted by molar-refractivity contribution is -0.133. The van der Waals surface area contributed by atoms with Gasteiger partial charge in [-0.2, -0.15) is 0 Å². The van der Waals surface area contributed by atoms with Crippen LogP contribution in [0.3, 0.4) is 0 Å². The minimum absolute atomic E-state index is 0.0783. The van der Waals surface area contributed by atoms with Crippen LogP contribution in [-0.4, -0.2) is 53.2 Å². The summed E-state index contributed by atoms with van der Waals surface area (Å²) >= 11 is 1.47. The number of carbonyl (C=O) groups is 2. The predicted molar refractivity (Wildman–Crippen MR) is 108 cm³/mol. The van der Waals surface area contributed by atoms with E-state index in [0.29, 0.717) is 32.5 Å². The Balaban J connectivity index is 1.33. The zero-order valence-corrected chi connectivity index (χ0v) is 17.0. The van der Waals surface area contributed by atoms with Gasteiger partial charge < -0.3 is 19.3 Å². The standard InChI is InChI=1S/C21H23N3O4S/c1-14-19(25)24(12-15-4-5-16-17(11-15)28-13-27-16)21(22-14)6-8-23(9-7-21)20(26)18-3-2-10-29-18/h2-5,10-11,14,22H,6-9,12-13H2,1H3. The number of piperidine rings is 1. The summed E-state index contributed by atoms with van der Waals surface area (Å²) in [6.45, 7) is 3.90. The fraction of sp³-hybridized carbons (Fsp3) is 0.429. The maximum absolute atomic E-state index is 12.9. The van der Waals surface area contributed by atoms with Crippen LogP contribution in [-0.2, 0) is 11.3 Å². The predicted octanol–water partition coefficient (Wildman–Crippen LogP) is 2.43. The summed E-state index contributed by atoms with van der Waals surface area (Å²) in [6, 6.07) is 9.35. The van der Waals surface area contributed by atoms with Crippen molar-refractivity contribution < 1.29 is 19.1 Å². The number of carbonyl (C=O) groups excluding carboxylic acids is 2. The number of amides is 2. The molecular formula is C21H23N3O4S. The molecule has 1 unspecified atom stereocenters. The van der Waals surface area contributed by atoms with Crippen LogP contribution in [0.1, 0.15) is 35.0 Å². The highest BCUT2D eigenvalue weighted by Gasteiger charge is 2.50. The molecule has 0 aliphatic carbocycles. The van der Waals surface area contributed by atoms with Crippen LogP contribution in [0, 0.1) is 0 Å². The van der Waals surface area contributed by atoms with Crippen LogP contribution < -0.4 is 14.8 Å². The summed E-state index contributed by atoms with van der Waals surface area (Å²) in [6.07, 6.45) is 1.43. The van der Waals surface area contributed by atoms with E-state index in [-0.39, 0.29) is 24.6 Å². The van der Waals surface area contributed by atoms with Crippen molar-refractivity contribution in [3.8, 4) is 11.5 Å². The van der Waals surface area contributed by atoms with E-state index in [0.717, 1.165) is 21.9 Å². The van der Waals surface area contributed by atoms with Crippen molar-refractivity contribution in [3.05, 3.63) is 46.2 Å². The summed E-state index contributed by atoms with van der Waals surface area (Å²) in [4.78, 5) is 30.2. The van der Waals surface area contributed by atoms with Gasteiger partial charge in [-0.3, -0.25) is 14.9 Å². The smallest absolute Gasteiger partial charge is 0.263 e. The topological polar surface area (TPSA) is 71.1 Å². The third-order valence-corrected chi connectivity index (χ3v) is 6.88. The number of likely N-dealkylation sites (tertiary alicyclic amines) is 1. The van der Waals surface area contributed by atoms with Gasteiger partial charge in [-0.1, -0.05) is 12.1 Å². The van der Waals surface area contributed by atoms with Crippen LogP contribution in [0.2, 0.25) is 0 Å². The van der Waals surface area contributed by atoms with Crippen LogP contribution in [0.5, 0.6) is 11.5 Å². The van der Waals surface area contributed by atoms with E-state index in [9.17, 15) is 9.59 Å². The number of hydrogen-bond donors (Lipinski definition) is 1. The maximum Gasteiger partial charge on any atom is 0.263 e. The molecule has 7 nitrogen and oxygen atoms in total. The van der Waals surface area contributed by atoms with Crippen LogP contribution in [0.25, 0.3) is 0 Å². The molecule has 0 radical (unpaired) electrons. The summed E-state index contributed by atoms with van der Waals surface area (Å²) in [5.41, 5.74) is 0.592. The molecule has 3 aliphatic heterocycles. The Morgan fingerprint density at radius 2 is 2.03 bits per heavy atom. The Kier molecular flexibility index (Phi) is 4.48. The van der Waals surface area contributed by atoms with Gasteiger partial charge >= 0.3 is 0 Å². The minimum atomic E-state index is -0.418. The van der Waals surface area contributed by atoms with Gasteiger partial charge in [-0.05, 0) is 36.1 Å². The molecule has 1 aromatic heterocycles. The third kappa shape index (κ3) is 3.16. The second-order valence-electron chi connectivity index (χ2n) is 7.78. The summed E-state index contributed by atoms with van der Waals surface area (Å²) in [7, 11) is 0. The van der Waals surface area contributed by atoms with Gasteiger partial charge in [0.15, 0.2) is 11.5 Å². The van der Waals surface area contributed by atoms with Crippen molar-refractivity contribution in [1.82, 2.24) is 15.1 Å². The normalized spacial score (nSPS) is 22.5. The second-order valence-corrected chi connectivity index (χ2v) is 8.73. The zero-order chi connectivity index (χ0) is 20.0. The van der Waals surface area contributed by atoms with E-state index in [1.54, 1.807) is 0 Å². The number of thiophene rings is 1. The highest BCUT2D eigenvalue weighted by atomic mass is 32.1. The van der Waals surface area contributed by atoms with Gasteiger partial charge in [0.05, 0.1) is 16.6 Å². The Morgan fingerprint density at radius 1 is 1.24 bits per heavy atom. The van der Waals surface area contributed by atoms with Crippen molar-refractivity contribution in [2.24, 2.45) is 0 Å². The van der Waals surface area contributed by atoms with Gasteiger partial charge in [0.2, 0.25) is 12.7 Å². The molecule has 0 bridgehead atoms. The Labute approximate surface area is 173 Å². The Hall–Kier alpha value is -2.58. The number of rotatable bonds is 3. The fourth-order valence-electron chi connectivity index (χ4n) is 4.49. The van der Waals surface area contributed by atoms with Gasteiger partial charge in [-0.15, -0.1) is 11.3 Å². The van der Waals surface area contributed by atoms with Crippen molar-refractivity contribution in [1.29, 1.82) is 0 Å². The Morgan fingerprint density at radius 3 is 2.79 bits per heavy atom. The van der Waals surface area contributed by atoms with E-state index < -0.39 is 5.66 Å². The first-order valence-electron chi connectivity index (χ1n) is 9.86. The molecule has 1 atom stereocenters. The SMILES string of the molecule is CC1NC2(CCN(C(=O)c3cccs3)CC2)N(Cc2ccc3c(c2)OCO3)C1=O. The van der Waals surface area contributed by atoms with Crippen LogP contribution >= 0.6 is 11.3 Å². The molecule has 8 heteroatoms. The van der Waals surface area contributed by atoms with Gasteiger partial charge in [-0.25, -0.2) is 0 Å². The van der Waals surface area contributed by atoms with E-state index >= 15 is 0 Å². The van der Waals surface area contributed by atoms with Gasteiger partial charge in [0.25, 0.3) is 5.91 Å². The number of fused-ring (bicyclic) bond motifs is 1. The number of hydrogen-bond acceptors (Lipinski definition) is 6. The third-order valence-electron chi connectivity index (χ3n) is 6.03. The molecule has 1 aromatic carbocycles. The van der Waals surface area contributed by atoms with E-state index in [1.165, 1.54) is 11.3 Å². The van der Waals surface area contributed by atoms with Gasteiger partial charge in [0.1, 0.15) is 0 Å². The lowest BCUT2D eigenvalue weighted by atomic mass is 9.95. The van der Waals surface area contributed by atoms with E-state index in [1.807, 2.05) is 52.4 Å². The highest BCUT2D eigenvalue weighted by Crippen LogP contribution is 2.37. The average molecular weight is 413 g/mol. The lowest BCUT2D eigenvalue weighted by Gasteiger charge is -2.44.